The van der Waals surface area contributed by atoms with E-state index in [0.29, 0.717) is 36.9 Å². The number of hydrogen-bond acceptors (Lipinski definition) is 4. The van der Waals surface area contributed by atoms with Gasteiger partial charge in [-0.1, -0.05) is 25.4 Å². The number of aromatic nitrogens is 1. The van der Waals surface area contributed by atoms with E-state index in [1.165, 1.54) is 6.42 Å². The van der Waals surface area contributed by atoms with Crippen LogP contribution < -0.4 is 4.90 Å². The second kappa shape index (κ2) is 6.65. The van der Waals surface area contributed by atoms with E-state index in [2.05, 4.69) is 23.7 Å². The topological polar surface area (TPSA) is 45.7 Å². The van der Waals surface area contributed by atoms with Gasteiger partial charge >= 0.3 is 0 Å². The SMILES string of the molecule is CC1(C)CCCN(c2ncc(C(=O)N3CCOCC3)cc2Cl)C1. The van der Waals surface area contributed by atoms with E-state index >= 15 is 0 Å². The molecule has 5 nitrogen and oxygen atoms in total. The average molecular weight is 338 g/mol. The van der Waals surface area contributed by atoms with E-state index in [0.717, 1.165) is 25.3 Å². The van der Waals surface area contributed by atoms with Crippen LogP contribution in [0.5, 0.6) is 0 Å². The largest absolute Gasteiger partial charge is 0.378 e. The van der Waals surface area contributed by atoms with Crippen LogP contribution in [0.4, 0.5) is 5.82 Å². The van der Waals surface area contributed by atoms with Gasteiger partial charge in [0.1, 0.15) is 5.82 Å². The van der Waals surface area contributed by atoms with Crippen molar-refractivity contribution in [3.8, 4) is 0 Å². The number of carbonyl (C=O) groups excluding carboxylic acids is 1. The first kappa shape index (κ1) is 16.5. The van der Waals surface area contributed by atoms with Crippen molar-refractivity contribution in [1.29, 1.82) is 0 Å². The Bertz CT molecular complexity index is 585. The molecular weight excluding hydrogens is 314 g/mol. The summed E-state index contributed by atoms with van der Waals surface area (Å²) in [6.45, 7) is 8.87. The molecule has 0 aromatic carbocycles. The predicted octanol–water partition coefficient (Wildman–Crippen LogP) is 2.83. The molecule has 0 N–H and O–H groups in total. The Morgan fingerprint density at radius 3 is 2.70 bits per heavy atom. The average Bonchev–Trinajstić information content (AvgIpc) is 2.54. The number of pyridine rings is 1. The summed E-state index contributed by atoms with van der Waals surface area (Å²) >= 11 is 6.44. The van der Waals surface area contributed by atoms with Gasteiger partial charge < -0.3 is 14.5 Å². The third-order valence-electron chi connectivity index (χ3n) is 4.57. The molecule has 0 bridgehead atoms. The van der Waals surface area contributed by atoms with Gasteiger partial charge in [-0.2, -0.15) is 0 Å². The van der Waals surface area contributed by atoms with Crippen LogP contribution in [0.1, 0.15) is 37.0 Å². The molecule has 1 aromatic rings. The molecule has 2 fully saturated rings. The number of nitrogens with zero attached hydrogens (tertiary/aromatic N) is 3. The summed E-state index contributed by atoms with van der Waals surface area (Å²) in [5.41, 5.74) is 0.822. The Labute approximate surface area is 142 Å². The van der Waals surface area contributed by atoms with Crippen LogP contribution in [0.3, 0.4) is 0 Å². The molecule has 126 valence electrons. The molecule has 0 spiro atoms. The zero-order chi connectivity index (χ0) is 16.4. The number of anilines is 1. The number of carbonyl (C=O) groups is 1. The molecule has 1 aromatic heterocycles. The maximum atomic E-state index is 12.5. The maximum Gasteiger partial charge on any atom is 0.255 e. The normalized spacial score (nSPS) is 21.3. The summed E-state index contributed by atoms with van der Waals surface area (Å²) in [4.78, 5) is 21.0. The van der Waals surface area contributed by atoms with Crippen LogP contribution in [0, 0.1) is 5.41 Å². The maximum absolute atomic E-state index is 12.5. The molecule has 0 radical (unpaired) electrons. The first-order valence-electron chi connectivity index (χ1n) is 8.24. The second-order valence-corrected chi connectivity index (χ2v) is 7.53. The first-order valence-corrected chi connectivity index (χ1v) is 8.62. The smallest absolute Gasteiger partial charge is 0.255 e. The first-order chi connectivity index (χ1) is 11.0. The minimum Gasteiger partial charge on any atom is -0.378 e. The van der Waals surface area contributed by atoms with E-state index < -0.39 is 0 Å². The van der Waals surface area contributed by atoms with Gasteiger partial charge in [0.2, 0.25) is 0 Å². The Balaban J connectivity index is 1.76. The van der Waals surface area contributed by atoms with Crippen molar-refractivity contribution in [3.63, 3.8) is 0 Å². The Kier molecular flexibility index (Phi) is 4.78. The quantitative estimate of drug-likeness (QED) is 0.832. The van der Waals surface area contributed by atoms with E-state index in [4.69, 9.17) is 16.3 Å². The standard InChI is InChI=1S/C17H24ClN3O2/c1-17(2)4-3-5-21(12-17)15-14(18)10-13(11-19-15)16(22)20-6-8-23-9-7-20/h10-11H,3-9,12H2,1-2H3. The third-order valence-corrected chi connectivity index (χ3v) is 4.85. The molecule has 2 aliphatic rings. The predicted molar refractivity (Wildman–Crippen MR) is 91.2 cm³/mol. The summed E-state index contributed by atoms with van der Waals surface area (Å²) in [5, 5.41) is 0.557. The highest BCUT2D eigenvalue weighted by atomic mass is 35.5. The molecule has 0 atom stereocenters. The van der Waals surface area contributed by atoms with Crippen LogP contribution in [0.25, 0.3) is 0 Å². The summed E-state index contributed by atoms with van der Waals surface area (Å²) in [5.74, 6) is 0.770. The van der Waals surface area contributed by atoms with Gasteiger partial charge in [-0.25, -0.2) is 4.98 Å². The lowest BCUT2D eigenvalue weighted by Crippen LogP contribution is -2.41. The van der Waals surface area contributed by atoms with Crippen molar-refractivity contribution in [3.05, 3.63) is 22.8 Å². The number of halogens is 1. The molecule has 2 saturated heterocycles. The summed E-state index contributed by atoms with van der Waals surface area (Å²) in [6.07, 6.45) is 4.01. The molecular formula is C17H24ClN3O2. The summed E-state index contributed by atoms with van der Waals surface area (Å²) < 4.78 is 5.29. The molecule has 23 heavy (non-hydrogen) atoms. The lowest BCUT2D eigenvalue weighted by atomic mass is 9.84. The molecule has 6 heteroatoms. The third kappa shape index (κ3) is 3.78. The molecule has 2 aliphatic heterocycles. The fourth-order valence-electron chi connectivity index (χ4n) is 3.33. The van der Waals surface area contributed by atoms with E-state index in [1.807, 2.05) is 0 Å². The number of amides is 1. The minimum absolute atomic E-state index is 0.0202. The van der Waals surface area contributed by atoms with Gasteiger partial charge in [0.15, 0.2) is 0 Å². The van der Waals surface area contributed by atoms with Gasteiger partial charge in [0.25, 0.3) is 5.91 Å². The molecule has 0 aliphatic carbocycles. The number of morpholine rings is 1. The Morgan fingerprint density at radius 2 is 2.04 bits per heavy atom. The highest BCUT2D eigenvalue weighted by Gasteiger charge is 2.28. The lowest BCUT2D eigenvalue weighted by molar-refractivity contribution is 0.0302. The molecule has 1 amide bonds. The fourth-order valence-corrected chi connectivity index (χ4v) is 3.62. The van der Waals surface area contributed by atoms with Gasteiger partial charge in [-0.05, 0) is 24.3 Å². The van der Waals surface area contributed by atoms with Crippen LogP contribution in [-0.4, -0.2) is 55.2 Å². The highest BCUT2D eigenvalue weighted by Crippen LogP contribution is 2.34. The Hall–Kier alpha value is -1.33. The van der Waals surface area contributed by atoms with E-state index in [1.54, 1.807) is 17.2 Å². The zero-order valence-electron chi connectivity index (χ0n) is 13.8. The van der Waals surface area contributed by atoms with Crippen molar-refractivity contribution >= 4 is 23.3 Å². The Morgan fingerprint density at radius 1 is 1.30 bits per heavy atom. The van der Waals surface area contributed by atoms with Gasteiger partial charge in [-0.3, -0.25) is 4.79 Å². The van der Waals surface area contributed by atoms with Crippen molar-refractivity contribution in [2.24, 2.45) is 5.41 Å². The van der Waals surface area contributed by atoms with E-state index in [-0.39, 0.29) is 11.3 Å². The number of ether oxygens (including phenoxy) is 1. The molecule has 3 heterocycles. The second-order valence-electron chi connectivity index (χ2n) is 7.12. The van der Waals surface area contributed by atoms with Crippen LogP contribution in [0.2, 0.25) is 5.02 Å². The number of rotatable bonds is 2. The molecule has 0 unspecified atom stereocenters. The van der Waals surface area contributed by atoms with E-state index in [9.17, 15) is 4.79 Å². The van der Waals surface area contributed by atoms with Crippen LogP contribution >= 0.6 is 11.6 Å². The summed E-state index contributed by atoms with van der Waals surface area (Å²) in [6, 6.07) is 1.75. The van der Waals surface area contributed by atoms with Gasteiger partial charge in [-0.15, -0.1) is 0 Å². The summed E-state index contributed by atoms with van der Waals surface area (Å²) in [7, 11) is 0. The van der Waals surface area contributed by atoms with Crippen molar-refractivity contribution < 1.29 is 9.53 Å². The zero-order valence-corrected chi connectivity index (χ0v) is 14.6. The molecule has 3 rings (SSSR count). The molecule has 0 saturated carbocycles. The van der Waals surface area contributed by atoms with Crippen LogP contribution in [0.15, 0.2) is 12.3 Å². The monoisotopic (exact) mass is 337 g/mol. The number of hydrogen-bond donors (Lipinski definition) is 0. The van der Waals surface area contributed by atoms with Crippen molar-refractivity contribution in [1.82, 2.24) is 9.88 Å². The minimum atomic E-state index is -0.0202. The van der Waals surface area contributed by atoms with Crippen molar-refractivity contribution in [2.75, 3.05) is 44.3 Å². The lowest BCUT2D eigenvalue weighted by Gasteiger charge is -2.39. The van der Waals surface area contributed by atoms with Crippen molar-refractivity contribution in [2.45, 2.75) is 26.7 Å². The number of piperidine rings is 1. The van der Waals surface area contributed by atoms with Gasteiger partial charge in [0, 0.05) is 32.4 Å². The fraction of sp³-hybridized carbons (Fsp3) is 0.647. The van der Waals surface area contributed by atoms with Crippen LogP contribution in [-0.2, 0) is 4.74 Å². The highest BCUT2D eigenvalue weighted by molar-refractivity contribution is 6.33. The van der Waals surface area contributed by atoms with Gasteiger partial charge in [0.05, 0.1) is 23.8 Å².